The second kappa shape index (κ2) is 7.38. The zero-order chi connectivity index (χ0) is 16.1. The summed E-state index contributed by atoms with van der Waals surface area (Å²) in [7, 11) is 1.58. The number of amides is 1. The molecule has 0 heterocycles. The third kappa shape index (κ3) is 4.29. The van der Waals surface area contributed by atoms with Crippen molar-refractivity contribution in [3.63, 3.8) is 0 Å². The quantitative estimate of drug-likeness (QED) is 0.877. The Hall–Kier alpha value is -1.91. The molecular formula is C16H15Cl2NO3. The summed E-state index contributed by atoms with van der Waals surface area (Å²) in [5.41, 5.74) is 0.448. The lowest BCUT2D eigenvalue weighted by Gasteiger charge is -2.15. The summed E-state index contributed by atoms with van der Waals surface area (Å²) in [4.78, 5) is 12.1. The molecule has 4 nitrogen and oxygen atoms in total. The van der Waals surface area contributed by atoms with Gasteiger partial charge in [0, 0.05) is 5.02 Å². The van der Waals surface area contributed by atoms with E-state index in [1.807, 2.05) is 0 Å². The normalized spacial score (nSPS) is 11.6. The Kier molecular flexibility index (Phi) is 5.52. The summed E-state index contributed by atoms with van der Waals surface area (Å²) in [6, 6.07) is 11.8. The minimum absolute atomic E-state index is 0.319. The highest BCUT2D eigenvalue weighted by Gasteiger charge is 2.16. The van der Waals surface area contributed by atoms with E-state index < -0.39 is 6.10 Å². The largest absolute Gasteiger partial charge is 0.497 e. The Balaban J connectivity index is 2.00. The maximum atomic E-state index is 12.1. The highest BCUT2D eigenvalue weighted by atomic mass is 35.5. The van der Waals surface area contributed by atoms with Gasteiger partial charge in [-0.2, -0.15) is 0 Å². The number of anilines is 1. The van der Waals surface area contributed by atoms with Gasteiger partial charge in [0.05, 0.1) is 17.8 Å². The van der Waals surface area contributed by atoms with E-state index in [-0.39, 0.29) is 5.91 Å². The number of rotatable bonds is 5. The van der Waals surface area contributed by atoms with Crippen LogP contribution < -0.4 is 14.8 Å². The molecule has 0 aliphatic carbocycles. The van der Waals surface area contributed by atoms with Gasteiger partial charge < -0.3 is 14.8 Å². The van der Waals surface area contributed by atoms with Gasteiger partial charge in [-0.15, -0.1) is 0 Å². The van der Waals surface area contributed by atoms with Crippen LogP contribution in [0.25, 0.3) is 0 Å². The van der Waals surface area contributed by atoms with Crippen molar-refractivity contribution in [2.75, 3.05) is 12.4 Å². The fourth-order valence-corrected chi connectivity index (χ4v) is 2.08. The van der Waals surface area contributed by atoms with Crippen molar-refractivity contribution < 1.29 is 14.3 Å². The van der Waals surface area contributed by atoms with Crippen LogP contribution in [0.5, 0.6) is 11.5 Å². The molecule has 2 aromatic rings. The smallest absolute Gasteiger partial charge is 0.265 e. The average Bonchev–Trinajstić information content (AvgIpc) is 2.51. The van der Waals surface area contributed by atoms with Gasteiger partial charge in [0.25, 0.3) is 5.91 Å². The van der Waals surface area contributed by atoms with Crippen LogP contribution in [0, 0.1) is 0 Å². The molecule has 1 atom stereocenters. The molecule has 116 valence electrons. The lowest BCUT2D eigenvalue weighted by molar-refractivity contribution is -0.122. The first-order valence-electron chi connectivity index (χ1n) is 6.56. The molecule has 6 heteroatoms. The summed E-state index contributed by atoms with van der Waals surface area (Å²) in [6.07, 6.45) is -0.691. The number of hydrogen-bond donors (Lipinski definition) is 1. The molecule has 0 fully saturated rings. The molecule has 0 aliphatic rings. The third-order valence-corrected chi connectivity index (χ3v) is 3.49. The maximum absolute atomic E-state index is 12.1. The standard InChI is InChI=1S/C16H15Cl2NO3/c1-10(22-13-6-4-12(21-2)5-7-13)16(20)19-15-9-11(17)3-8-14(15)18/h3-10H,1-2H3,(H,19,20). The van der Waals surface area contributed by atoms with Crippen molar-refractivity contribution in [3.05, 3.63) is 52.5 Å². The fourth-order valence-electron chi connectivity index (χ4n) is 1.74. The van der Waals surface area contributed by atoms with Crippen molar-refractivity contribution >= 4 is 34.8 Å². The van der Waals surface area contributed by atoms with Crippen molar-refractivity contribution in [1.82, 2.24) is 0 Å². The SMILES string of the molecule is COc1ccc(OC(C)C(=O)Nc2cc(Cl)ccc2Cl)cc1. The van der Waals surface area contributed by atoms with E-state index in [0.29, 0.717) is 21.5 Å². The molecule has 1 N–H and O–H groups in total. The molecule has 2 aromatic carbocycles. The summed E-state index contributed by atoms with van der Waals surface area (Å²) < 4.78 is 10.6. The Labute approximate surface area is 138 Å². The molecule has 2 rings (SSSR count). The minimum atomic E-state index is -0.691. The number of carbonyl (C=O) groups excluding carboxylic acids is 1. The van der Waals surface area contributed by atoms with E-state index in [0.717, 1.165) is 5.75 Å². The number of ether oxygens (including phenoxy) is 2. The Morgan fingerprint density at radius 3 is 2.36 bits per heavy atom. The number of halogens is 2. The first-order valence-corrected chi connectivity index (χ1v) is 7.32. The van der Waals surface area contributed by atoms with Gasteiger partial charge in [0.2, 0.25) is 0 Å². The molecule has 0 radical (unpaired) electrons. The minimum Gasteiger partial charge on any atom is -0.497 e. The van der Waals surface area contributed by atoms with Gasteiger partial charge in [0.15, 0.2) is 6.10 Å². The van der Waals surface area contributed by atoms with Crippen molar-refractivity contribution in [2.24, 2.45) is 0 Å². The average molecular weight is 340 g/mol. The zero-order valence-corrected chi connectivity index (χ0v) is 13.6. The Morgan fingerprint density at radius 1 is 1.09 bits per heavy atom. The van der Waals surface area contributed by atoms with Gasteiger partial charge in [0.1, 0.15) is 11.5 Å². The Bertz CT molecular complexity index is 659. The number of hydrogen-bond acceptors (Lipinski definition) is 3. The summed E-state index contributed by atoms with van der Waals surface area (Å²) in [5, 5.41) is 3.59. The molecule has 0 bridgehead atoms. The van der Waals surface area contributed by atoms with Crippen molar-refractivity contribution in [1.29, 1.82) is 0 Å². The molecule has 0 spiro atoms. The predicted molar refractivity (Wildman–Crippen MR) is 88.2 cm³/mol. The van der Waals surface area contributed by atoms with E-state index in [2.05, 4.69) is 5.32 Å². The van der Waals surface area contributed by atoms with Crippen LogP contribution in [0.3, 0.4) is 0 Å². The number of benzene rings is 2. The lowest BCUT2D eigenvalue weighted by Crippen LogP contribution is -2.30. The van der Waals surface area contributed by atoms with Crippen LogP contribution in [-0.2, 0) is 4.79 Å². The summed E-state index contributed by atoms with van der Waals surface area (Å²) in [5.74, 6) is 0.968. The summed E-state index contributed by atoms with van der Waals surface area (Å²) in [6.45, 7) is 1.65. The van der Waals surface area contributed by atoms with Crippen LogP contribution in [0.1, 0.15) is 6.92 Å². The second-order valence-electron chi connectivity index (χ2n) is 4.55. The van der Waals surface area contributed by atoms with Crippen LogP contribution in [-0.4, -0.2) is 19.1 Å². The molecule has 1 unspecified atom stereocenters. The van der Waals surface area contributed by atoms with Crippen LogP contribution in [0.2, 0.25) is 10.0 Å². The lowest BCUT2D eigenvalue weighted by atomic mass is 10.3. The van der Waals surface area contributed by atoms with Crippen molar-refractivity contribution in [3.8, 4) is 11.5 Å². The molecular weight excluding hydrogens is 325 g/mol. The van der Waals surface area contributed by atoms with Gasteiger partial charge in [-0.05, 0) is 49.4 Å². The predicted octanol–water partition coefficient (Wildman–Crippen LogP) is 4.41. The number of methoxy groups -OCH3 is 1. The zero-order valence-electron chi connectivity index (χ0n) is 12.1. The number of nitrogens with one attached hydrogen (secondary N) is 1. The van der Waals surface area contributed by atoms with Crippen LogP contribution in [0.15, 0.2) is 42.5 Å². The van der Waals surface area contributed by atoms with Crippen molar-refractivity contribution in [2.45, 2.75) is 13.0 Å². The van der Waals surface area contributed by atoms with E-state index in [1.54, 1.807) is 56.5 Å². The topological polar surface area (TPSA) is 47.6 Å². The highest BCUT2D eigenvalue weighted by molar-refractivity contribution is 6.35. The summed E-state index contributed by atoms with van der Waals surface area (Å²) >= 11 is 11.9. The Morgan fingerprint density at radius 2 is 1.73 bits per heavy atom. The number of carbonyl (C=O) groups is 1. The van der Waals surface area contributed by atoms with E-state index in [4.69, 9.17) is 32.7 Å². The molecule has 1 amide bonds. The molecule has 0 saturated carbocycles. The van der Waals surface area contributed by atoms with Gasteiger partial charge >= 0.3 is 0 Å². The van der Waals surface area contributed by atoms with E-state index in [9.17, 15) is 4.79 Å². The molecule has 0 aliphatic heterocycles. The third-order valence-electron chi connectivity index (χ3n) is 2.93. The molecule has 0 saturated heterocycles. The first-order chi connectivity index (χ1) is 10.5. The van der Waals surface area contributed by atoms with Gasteiger partial charge in [-0.1, -0.05) is 23.2 Å². The molecule has 22 heavy (non-hydrogen) atoms. The van der Waals surface area contributed by atoms with Gasteiger partial charge in [-0.3, -0.25) is 4.79 Å². The van der Waals surface area contributed by atoms with Crippen LogP contribution in [0.4, 0.5) is 5.69 Å². The maximum Gasteiger partial charge on any atom is 0.265 e. The van der Waals surface area contributed by atoms with E-state index >= 15 is 0 Å². The monoisotopic (exact) mass is 339 g/mol. The fraction of sp³-hybridized carbons (Fsp3) is 0.188. The first kappa shape index (κ1) is 16.5. The van der Waals surface area contributed by atoms with Gasteiger partial charge in [-0.25, -0.2) is 0 Å². The second-order valence-corrected chi connectivity index (χ2v) is 5.39. The van der Waals surface area contributed by atoms with E-state index in [1.165, 1.54) is 0 Å². The highest BCUT2D eigenvalue weighted by Crippen LogP contribution is 2.26. The molecule has 0 aromatic heterocycles. The van der Waals surface area contributed by atoms with Crippen LogP contribution >= 0.6 is 23.2 Å².